The first-order valence-corrected chi connectivity index (χ1v) is 11.2. The van der Waals surface area contributed by atoms with E-state index in [0.29, 0.717) is 11.5 Å². The number of anilines is 2. The molecule has 0 atom stereocenters. The van der Waals surface area contributed by atoms with Crippen molar-refractivity contribution in [3.63, 3.8) is 0 Å². The number of rotatable bonds is 5. The molecule has 0 fully saturated rings. The molecule has 0 aromatic heterocycles. The number of hydrogen-bond acceptors (Lipinski definition) is 6. The van der Waals surface area contributed by atoms with Crippen molar-refractivity contribution in [3.05, 3.63) is 54.6 Å². The van der Waals surface area contributed by atoms with E-state index in [1.54, 1.807) is 12.1 Å². The lowest BCUT2D eigenvalue weighted by molar-refractivity contribution is 0.174. The second-order valence-electron chi connectivity index (χ2n) is 7.85. The molecule has 0 saturated carbocycles. The third kappa shape index (κ3) is 4.17. The van der Waals surface area contributed by atoms with Gasteiger partial charge in [-0.05, 0) is 64.7 Å². The van der Waals surface area contributed by atoms with Gasteiger partial charge in [-0.3, -0.25) is 0 Å². The Balaban J connectivity index is 1.93. The van der Waals surface area contributed by atoms with Crippen LogP contribution in [0.15, 0.2) is 59.5 Å². The van der Waals surface area contributed by atoms with E-state index in [2.05, 4.69) is 28.0 Å². The summed E-state index contributed by atoms with van der Waals surface area (Å²) in [7, 11) is 4.26. The number of sulfonamides is 1. The molecule has 0 aliphatic carbocycles. The Labute approximate surface area is 182 Å². The van der Waals surface area contributed by atoms with E-state index >= 15 is 0 Å². The number of ether oxygens (including phenoxy) is 2. The first kappa shape index (κ1) is 21.0. The van der Waals surface area contributed by atoms with E-state index in [4.69, 9.17) is 14.6 Å². The molecule has 1 aliphatic rings. The van der Waals surface area contributed by atoms with E-state index in [-0.39, 0.29) is 11.7 Å². The zero-order chi connectivity index (χ0) is 22.3. The van der Waals surface area contributed by atoms with Crippen molar-refractivity contribution >= 4 is 21.4 Å². The molecule has 1 heterocycles. The Morgan fingerprint density at radius 1 is 0.742 bits per heavy atom. The molecule has 7 nitrogen and oxygen atoms in total. The number of nitrogens with zero attached hydrogens (tertiary/aromatic N) is 2. The van der Waals surface area contributed by atoms with Crippen molar-refractivity contribution in [2.75, 3.05) is 44.8 Å². The fraction of sp³-hybridized carbons (Fsp3) is 0.217. The van der Waals surface area contributed by atoms with Gasteiger partial charge in [0.05, 0.1) is 4.90 Å². The summed E-state index contributed by atoms with van der Waals surface area (Å²) in [6.45, 7) is 0.170. The predicted molar refractivity (Wildman–Crippen MR) is 123 cm³/mol. The first-order chi connectivity index (χ1) is 14.6. The van der Waals surface area contributed by atoms with Gasteiger partial charge in [0, 0.05) is 39.6 Å². The number of primary sulfonamides is 1. The number of hydrogen-bond donors (Lipinski definition) is 1. The molecule has 0 bridgehead atoms. The number of benzene rings is 3. The summed E-state index contributed by atoms with van der Waals surface area (Å²) in [4.78, 5) is 4.19. The summed E-state index contributed by atoms with van der Waals surface area (Å²) < 4.78 is 34.5. The van der Waals surface area contributed by atoms with Crippen LogP contribution < -0.4 is 24.4 Å². The molecule has 0 radical (unpaired) electrons. The van der Waals surface area contributed by atoms with Crippen LogP contribution in [0.2, 0.25) is 0 Å². The molecule has 4 rings (SSSR count). The highest BCUT2D eigenvalue weighted by molar-refractivity contribution is 7.89. The molecule has 162 valence electrons. The van der Waals surface area contributed by atoms with Gasteiger partial charge in [-0.2, -0.15) is 0 Å². The normalized spacial score (nSPS) is 12.7. The minimum Gasteiger partial charge on any atom is -0.454 e. The summed E-state index contributed by atoms with van der Waals surface area (Å²) >= 11 is 0. The van der Waals surface area contributed by atoms with Crippen LogP contribution in [-0.2, 0) is 10.0 Å². The Morgan fingerprint density at radius 3 is 1.68 bits per heavy atom. The van der Waals surface area contributed by atoms with Crippen molar-refractivity contribution in [1.29, 1.82) is 0 Å². The first-order valence-electron chi connectivity index (χ1n) is 9.70. The van der Waals surface area contributed by atoms with Gasteiger partial charge in [0.15, 0.2) is 11.5 Å². The Morgan fingerprint density at radius 2 is 1.23 bits per heavy atom. The van der Waals surface area contributed by atoms with Crippen LogP contribution in [0.3, 0.4) is 0 Å². The second kappa shape index (κ2) is 7.79. The molecule has 2 N–H and O–H groups in total. The third-order valence-corrected chi connectivity index (χ3v) is 6.18. The van der Waals surface area contributed by atoms with Crippen molar-refractivity contribution in [2.24, 2.45) is 5.14 Å². The monoisotopic (exact) mass is 439 g/mol. The lowest BCUT2D eigenvalue weighted by Crippen LogP contribution is -2.12. The third-order valence-electron chi connectivity index (χ3n) is 5.25. The van der Waals surface area contributed by atoms with Gasteiger partial charge in [0.2, 0.25) is 16.8 Å². The summed E-state index contributed by atoms with van der Waals surface area (Å²) in [5.74, 6) is 1.34. The average molecular weight is 440 g/mol. The van der Waals surface area contributed by atoms with Crippen molar-refractivity contribution < 1.29 is 17.9 Å². The molecule has 0 unspecified atom stereocenters. The van der Waals surface area contributed by atoms with E-state index in [9.17, 15) is 8.42 Å². The smallest absolute Gasteiger partial charge is 0.238 e. The number of fused-ring (bicyclic) bond motifs is 1. The van der Waals surface area contributed by atoms with Gasteiger partial charge in [0.25, 0.3) is 0 Å². The molecule has 0 amide bonds. The van der Waals surface area contributed by atoms with Gasteiger partial charge in [0.1, 0.15) is 0 Å². The van der Waals surface area contributed by atoms with Crippen LogP contribution in [0, 0.1) is 0 Å². The largest absolute Gasteiger partial charge is 0.454 e. The molecule has 0 saturated heterocycles. The minimum absolute atomic E-state index is 0.0723. The topological polar surface area (TPSA) is 85.1 Å². The highest BCUT2D eigenvalue weighted by atomic mass is 32.2. The van der Waals surface area contributed by atoms with Gasteiger partial charge in [-0.1, -0.05) is 12.1 Å². The lowest BCUT2D eigenvalue weighted by atomic mass is 9.93. The summed E-state index contributed by atoms with van der Waals surface area (Å²) in [6.07, 6.45) is 0. The molecule has 0 spiro atoms. The van der Waals surface area contributed by atoms with E-state index in [1.807, 2.05) is 40.3 Å². The zero-order valence-corrected chi connectivity index (χ0v) is 18.7. The predicted octanol–water partition coefficient (Wildman–Crippen LogP) is 3.53. The summed E-state index contributed by atoms with van der Waals surface area (Å²) in [5.41, 5.74) is 5.86. The Kier molecular flexibility index (Phi) is 5.28. The fourth-order valence-electron chi connectivity index (χ4n) is 3.51. The molecule has 3 aromatic carbocycles. The van der Waals surface area contributed by atoms with Gasteiger partial charge >= 0.3 is 0 Å². The molecule has 3 aromatic rings. The fourth-order valence-corrected chi connectivity index (χ4v) is 4.03. The van der Waals surface area contributed by atoms with E-state index < -0.39 is 10.0 Å². The number of nitrogens with two attached hydrogens (primary N) is 1. The molecule has 8 heteroatoms. The van der Waals surface area contributed by atoms with Crippen molar-refractivity contribution in [1.82, 2.24) is 0 Å². The van der Waals surface area contributed by atoms with Crippen LogP contribution in [0.25, 0.3) is 22.3 Å². The van der Waals surface area contributed by atoms with Crippen LogP contribution in [0.5, 0.6) is 11.5 Å². The quantitative estimate of drug-likeness (QED) is 0.655. The summed E-state index contributed by atoms with van der Waals surface area (Å²) in [6, 6.07) is 16.8. The molecule has 1 aliphatic heterocycles. The minimum atomic E-state index is -3.76. The van der Waals surface area contributed by atoms with Crippen LogP contribution in [0.1, 0.15) is 0 Å². The maximum Gasteiger partial charge on any atom is 0.238 e. The van der Waals surface area contributed by atoms with Crippen LogP contribution in [-0.4, -0.2) is 43.4 Å². The molecular formula is C23H25N3O4S. The standard InChI is InChI=1S/C23H25N3O4S/c1-25(2)17-9-16(10-18(11-17)26(3)4)21-13-23-22(29-14-30-23)12-20(21)15-5-7-19(8-6-15)31(24,27)28/h5-13H,14H2,1-4H3,(H2,24,27,28). The molecular weight excluding hydrogens is 414 g/mol. The Bertz CT molecular complexity index is 1210. The zero-order valence-electron chi connectivity index (χ0n) is 17.9. The van der Waals surface area contributed by atoms with E-state index in [1.165, 1.54) is 12.1 Å². The van der Waals surface area contributed by atoms with Gasteiger partial charge in [-0.15, -0.1) is 0 Å². The van der Waals surface area contributed by atoms with Gasteiger partial charge in [-0.25, -0.2) is 13.6 Å². The summed E-state index contributed by atoms with van der Waals surface area (Å²) in [5, 5.41) is 5.26. The van der Waals surface area contributed by atoms with Crippen molar-refractivity contribution in [2.45, 2.75) is 4.90 Å². The SMILES string of the molecule is CN(C)c1cc(-c2cc3c(cc2-c2ccc(S(N)(=O)=O)cc2)OCO3)cc(N(C)C)c1. The second-order valence-corrected chi connectivity index (χ2v) is 9.41. The van der Waals surface area contributed by atoms with Crippen LogP contribution in [0.4, 0.5) is 11.4 Å². The van der Waals surface area contributed by atoms with Crippen molar-refractivity contribution in [3.8, 4) is 33.8 Å². The Hall–Kier alpha value is -3.23. The van der Waals surface area contributed by atoms with Crippen LogP contribution >= 0.6 is 0 Å². The maximum atomic E-state index is 11.7. The highest BCUT2D eigenvalue weighted by Crippen LogP contribution is 2.44. The highest BCUT2D eigenvalue weighted by Gasteiger charge is 2.20. The van der Waals surface area contributed by atoms with Gasteiger partial charge < -0.3 is 19.3 Å². The average Bonchev–Trinajstić information content (AvgIpc) is 3.19. The molecule has 31 heavy (non-hydrogen) atoms. The van der Waals surface area contributed by atoms with E-state index in [0.717, 1.165) is 33.6 Å². The maximum absolute atomic E-state index is 11.7. The lowest BCUT2D eigenvalue weighted by Gasteiger charge is -2.21.